The number of nitrogens with one attached hydrogen (secondary N) is 2. The fourth-order valence-electron chi connectivity index (χ4n) is 2.86. The summed E-state index contributed by atoms with van der Waals surface area (Å²) in [5, 5.41) is 5.78. The molecular formula is C15H27N5O3. The number of piperazine rings is 1. The molecule has 23 heavy (non-hydrogen) atoms. The van der Waals surface area contributed by atoms with Crippen LogP contribution in [0.1, 0.15) is 19.3 Å². The second-order valence-electron chi connectivity index (χ2n) is 5.71. The zero-order chi connectivity index (χ0) is 16.7. The minimum absolute atomic E-state index is 0.0000624. The molecule has 0 spiro atoms. The summed E-state index contributed by atoms with van der Waals surface area (Å²) >= 11 is 0. The molecule has 0 aromatic heterocycles. The van der Waals surface area contributed by atoms with Crippen LogP contribution < -0.4 is 10.6 Å². The summed E-state index contributed by atoms with van der Waals surface area (Å²) in [4.78, 5) is 31.8. The maximum absolute atomic E-state index is 12.3. The van der Waals surface area contributed by atoms with Crippen LogP contribution in [0.25, 0.3) is 0 Å². The largest absolute Gasteiger partial charge is 0.368 e. The minimum atomic E-state index is -0.244. The average molecular weight is 325 g/mol. The Morgan fingerprint density at radius 3 is 2.48 bits per heavy atom. The van der Waals surface area contributed by atoms with Gasteiger partial charge in [0.2, 0.25) is 5.91 Å². The van der Waals surface area contributed by atoms with Crippen molar-refractivity contribution in [3.63, 3.8) is 0 Å². The fraction of sp³-hybridized carbons (Fsp3) is 0.800. The number of hydrogen-bond donors (Lipinski definition) is 2. The van der Waals surface area contributed by atoms with Crippen molar-refractivity contribution in [3.05, 3.63) is 0 Å². The van der Waals surface area contributed by atoms with E-state index in [2.05, 4.69) is 20.5 Å². The maximum Gasteiger partial charge on any atom is 0.251 e. The molecule has 2 saturated heterocycles. The number of aliphatic imine (C=N–C) groups is 1. The van der Waals surface area contributed by atoms with Gasteiger partial charge in [-0.3, -0.25) is 14.6 Å². The van der Waals surface area contributed by atoms with E-state index in [0.29, 0.717) is 32.7 Å². The second kappa shape index (κ2) is 8.71. The lowest BCUT2D eigenvalue weighted by atomic mass is 10.2. The van der Waals surface area contributed by atoms with E-state index in [1.165, 1.54) is 0 Å². The van der Waals surface area contributed by atoms with Crippen LogP contribution in [0.2, 0.25) is 0 Å². The molecule has 2 amide bonds. The number of carbonyl (C=O) groups excluding carboxylic acids is 2. The van der Waals surface area contributed by atoms with Gasteiger partial charge in [0.25, 0.3) is 5.91 Å². The molecule has 2 fully saturated rings. The molecule has 0 bridgehead atoms. The molecule has 0 aromatic rings. The number of hydrogen-bond acceptors (Lipinski definition) is 4. The molecule has 2 aliphatic rings. The first-order valence-electron chi connectivity index (χ1n) is 8.22. The van der Waals surface area contributed by atoms with Crippen molar-refractivity contribution < 1.29 is 14.3 Å². The van der Waals surface area contributed by atoms with Crippen molar-refractivity contribution >= 4 is 17.8 Å². The van der Waals surface area contributed by atoms with E-state index in [-0.39, 0.29) is 17.9 Å². The topological polar surface area (TPSA) is 86.3 Å². The summed E-state index contributed by atoms with van der Waals surface area (Å²) in [5.41, 5.74) is 0. The third-order valence-electron chi connectivity index (χ3n) is 4.22. The van der Waals surface area contributed by atoms with Crippen molar-refractivity contribution in [1.29, 1.82) is 0 Å². The summed E-state index contributed by atoms with van der Waals surface area (Å²) < 4.78 is 5.47. The van der Waals surface area contributed by atoms with Crippen LogP contribution in [0.3, 0.4) is 0 Å². The smallest absolute Gasteiger partial charge is 0.251 e. The molecular weight excluding hydrogens is 298 g/mol. The van der Waals surface area contributed by atoms with Crippen LogP contribution in [0.15, 0.2) is 4.99 Å². The van der Waals surface area contributed by atoms with Gasteiger partial charge in [-0.2, -0.15) is 0 Å². The number of ether oxygens (including phenoxy) is 1. The number of nitrogens with zero attached hydrogens (tertiary/aromatic N) is 3. The first-order chi connectivity index (χ1) is 11.2. The quantitative estimate of drug-likeness (QED) is 0.513. The SMILES string of the molecule is CN=C(NCCC(=O)NC)N1CCN(C(=O)C2CCCO2)CC1. The molecule has 1 atom stereocenters. The van der Waals surface area contributed by atoms with Crippen molar-refractivity contribution in [1.82, 2.24) is 20.4 Å². The molecule has 0 saturated carbocycles. The monoisotopic (exact) mass is 325 g/mol. The first kappa shape index (κ1) is 17.5. The van der Waals surface area contributed by atoms with E-state index < -0.39 is 0 Å². The zero-order valence-corrected chi connectivity index (χ0v) is 14.0. The Hall–Kier alpha value is -1.83. The summed E-state index contributed by atoms with van der Waals surface area (Å²) in [5.74, 6) is 0.891. The predicted octanol–water partition coefficient (Wildman–Crippen LogP) is -0.979. The van der Waals surface area contributed by atoms with Gasteiger partial charge in [0.05, 0.1) is 0 Å². The van der Waals surface area contributed by atoms with E-state index in [1.54, 1.807) is 14.1 Å². The molecule has 0 aliphatic carbocycles. The third-order valence-corrected chi connectivity index (χ3v) is 4.22. The molecule has 2 aliphatic heterocycles. The number of guanidine groups is 1. The average Bonchev–Trinajstić information content (AvgIpc) is 3.12. The van der Waals surface area contributed by atoms with Crippen LogP contribution in [-0.4, -0.2) is 87.1 Å². The molecule has 130 valence electrons. The fourth-order valence-corrected chi connectivity index (χ4v) is 2.86. The van der Waals surface area contributed by atoms with E-state index in [9.17, 15) is 9.59 Å². The molecule has 1 unspecified atom stereocenters. The Kier molecular flexibility index (Phi) is 6.64. The number of carbonyl (C=O) groups is 2. The summed E-state index contributed by atoms with van der Waals surface area (Å²) in [6.07, 6.45) is 1.97. The maximum atomic E-state index is 12.3. The van der Waals surface area contributed by atoms with E-state index in [4.69, 9.17) is 4.74 Å². The molecule has 2 N–H and O–H groups in total. The molecule has 8 nitrogen and oxygen atoms in total. The van der Waals surface area contributed by atoms with Gasteiger partial charge in [0.15, 0.2) is 5.96 Å². The summed E-state index contributed by atoms with van der Waals surface area (Å²) in [7, 11) is 3.35. The standard InChI is InChI=1S/C15H27N5O3/c1-16-13(21)5-6-18-15(17-2)20-9-7-19(8-10-20)14(22)12-4-3-11-23-12/h12H,3-11H2,1-2H3,(H,16,21)(H,17,18). The van der Waals surface area contributed by atoms with E-state index in [0.717, 1.165) is 31.9 Å². The number of rotatable bonds is 4. The lowest BCUT2D eigenvalue weighted by Crippen LogP contribution is -2.55. The summed E-state index contributed by atoms with van der Waals surface area (Å²) in [6, 6.07) is 0. The highest BCUT2D eigenvalue weighted by Crippen LogP contribution is 2.16. The molecule has 2 rings (SSSR count). The normalized spacial score (nSPS) is 22.2. The molecule has 8 heteroatoms. The van der Waals surface area contributed by atoms with Crippen LogP contribution in [0, 0.1) is 0 Å². The van der Waals surface area contributed by atoms with E-state index in [1.807, 2.05) is 4.90 Å². The van der Waals surface area contributed by atoms with E-state index >= 15 is 0 Å². The Morgan fingerprint density at radius 2 is 1.91 bits per heavy atom. The van der Waals surface area contributed by atoms with Gasteiger partial charge in [-0.1, -0.05) is 0 Å². The van der Waals surface area contributed by atoms with Crippen LogP contribution in [0.4, 0.5) is 0 Å². The second-order valence-corrected chi connectivity index (χ2v) is 5.71. The highest BCUT2D eigenvalue weighted by molar-refractivity contribution is 5.83. The Bertz CT molecular complexity index is 440. The summed E-state index contributed by atoms with van der Waals surface area (Å²) in [6.45, 7) is 4.06. The molecule has 2 heterocycles. The highest BCUT2D eigenvalue weighted by atomic mass is 16.5. The van der Waals surface area contributed by atoms with Crippen molar-refractivity contribution in [2.24, 2.45) is 4.99 Å². The van der Waals surface area contributed by atoms with Gasteiger partial charge in [-0.05, 0) is 12.8 Å². The predicted molar refractivity (Wildman–Crippen MR) is 87.2 cm³/mol. The van der Waals surface area contributed by atoms with Gasteiger partial charge < -0.3 is 25.2 Å². The van der Waals surface area contributed by atoms with Crippen molar-refractivity contribution in [2.45, 2.75) is 25.4 Å². The van der Waals surface area contributed by atoms with Crippen molar-refractivity contribution in [3.8, 4) is 0 Å². The number of amides is 2. The third kappa shape index (κ3) is 4.82. The van der Waals surface area contributed by atoms with Gasteiger partial charge in [-0.15, -0.1) is 0 Å². The van der Waals surface area contributed by atoms with Crippen LogP contribution in [0.5, 0.6) is 0 Å². The Morgan fingerprint density at radius 1 is 1.22 bits per heavy atom. The lowest BCUT2D eigenvalue weighted by Gasteiger charge is -2.37. The zero-order valence-electron chi connectivity index (χ0n) is 14.0. The first-order valence-corrected chi connectivity index (χ1v) is 8.22. The minimum Gasteiger partial charge on any atom is -0.368 e. The Balaban J connectivity index is 1.75. The van der Waals surface area contributed by atoms with Gasteiger partial charge in [-0.25, -0.2) is 0 Å². The molecule has 0 aromatic carbocycles. The Labute approximate surface area is 137 Å². The van der Waals surface area contributed by atoms with Crippen molar-refractivity contribution in [2.75, 3.05) is 53.4 Å². The lowest BCUT2D eigenvalue weighted by molar-refractivity contribution is -0.142. The van der Waals surface area contributed by atoms with Gasteiger partial charge >= 0.3 is 0 Å². The van der Waals surface area contributed by atoms with Gasteiger partial charge in [0.1, 0.15) is 6.10 Å². The highest BCUT2D eigenvalue weighted by Gasteiger charge is 2.30. The molecule has 0 radical (unpaired) electrons. The van der Waals surface area contributed by atoms with Crippen LogP contribution >= 0.6 is 0 Å². The van der Waals surface area contributed by atoms with Crippen LogP contribution in [-0.2, 0) is 14.3 Å². The van der Waals surface area contributed by atoms with Gasteiger partial charge in [0, 0.05) is 59.8 Å².